The van der Waals surface area contributed by atoms with E-state index in [1.165, 1.54) is 12.0 Å². The lowest BCUT2D eigenvalue weighted by molar-refractivity contribution is 0.305. The molecule has 7 heteroatoms. The van der Waals surface area contributed by atoms with Crippen LogP contribution in [-0.4, -0.2) is 17.6 Å². The highest BCUT2D eigenvalue weighted by atomic mass is 35.5. The van der Waals surface area contributed by atoms with E-state index in [2.05, 4.69) is 29.4 Å². The molecule has 0 radical (unpaired) electrons. The van der Waals surface area contributed by atoms with Crippen molar-refractivity contribution in [3.63, 3.8) is 0 Å². The van der Waals surface area contributed by atoms with Crippen LogP contribution < -0.4 is 21.7 Å². The Balaban J connectivity index is 1.75. The van der Waals surface area contributed by atoms with E-state index < -0.39 is 5.66 Å². The predicted octanol–water partition coefficient (Wildman–Crippen LogP) is 4.62. The van der Waals surface area contributed by atoms with Gasteiger partial charge in [0.25, 0.3) is 0 Å². The van der Waals surface area contributed by atoms with Crippen molar-refractivity contribution >= 4 is 34.9 Å². The van der Waals surface area contributed by atoms with E-state index in [4.69, 9.17) is 28.1 Å². The van der Waals surface area contributed by atoms with Gasteiger partial charge in [-0.2, -0.15) is 4.99 Å². The fourth-order valence-electron chi connectivity index (χ4n) is 4.34. The molecule has 0 bridgehead atoms. The first-order valence-corrected chi connectivity index (χ1v) is 10.5. The Labute approximate surface area is 176 Å². The lowest BCUT2D eigenvalue weighted by Gasteiger charge is -2.46. The summed E-state index contributed by atoms with van der Waals surface area (Å²) in [6.07, 6.45) is 5.09. The minimum absolute atomic E-state index is 0.106. The first kappa shape index (κ1) is 19.6. The van der Waals surface area contributed by atoms with Crippen molar-refractivity contribution in [1.82, 2.24) is 0 Å². The second-order valence-corrected chi connectivity index (χ2v) is 8.19. The molecule has 1 saturated carbocycles. The van der Waals surface area contributed by atoms with Gasteiger partial charge in [-0.1, -0.05) is 48.4 Å². The van der Waals surface area contributed by atoms with Gasteiger partial charge in [0.15, 0.2) is 0 Å². The van der Waals surface area contributed by atoms with E-state index in [0.29, 0.717) is 11.0 Å². The topological polar surface area (TPSA) is 92.0 Å². The van der Waals surface area contributed by atoms with Gasteiger partial charge in [-0.15, -0.1) is 0 Å². The number of hydrogen-bond donors (Lipinski definition) is 3. The molecule has 1 aliphatic heterocycles. The van der Waals surface area contributed by atoms with Crippen molar-refractivity contribution in [3.05, 3.63) is 59.1 Å². The third kappa shape index (κ3) is 3.90. The Morgan fingerprint density at radius 3 is 2.52 bits per heavy atom. The molecule has 1 spiro atoms. The molecule has 6 nitrogen and oxygen atoms in total. The van der Waals surface area contributed by atoms with Gasteiger partial charge in [-0.3, -0.25) is 4.90 Å². The molecule has 29 heavy (non-hydrogen) atoms. The monoisotopic (exact) mass is 410 g/mol. The summed E-state index contributed by atoms with van der Waals surface area (Å²) in [6, 6.07) is 16.2. The highest BCUT2D eigenvalue weighted by Gasteiger charge is 2.43. The van der Waals surface area contributed by atoms with Gasteiger partial charge < -0.3 is 16.8 Å². The number of nitrogens with one attached hydrogen (secondary N) is 1. The molecule has 0 aromatic heterocycles. The summed E-state index contributed by atoms with van der Waals surface area (Å²) in [5.74, 6) is 0.604. The molecular formula is C22H27ClN6. The smallest absolute Gasteiger partial charge is 0.220 e. The molecule has 2 aromatic carbocycles. The quantitative estimate of drug-likeness (QED) is 0.685. The molecule has 5 N–H and O–H groups in total. The predicted molar refractivity (Wildman–Crippen MR) is 121 cm³/mol. The number of guanidine groups is 2. The zero-order valence-corrected chi connectivity index (χ0v) is 17.4. The van der Waals surface area contributed by atoms with E-state index in [-0.39, 0.29) is 12.0 Å². The third-order valence-corrected chi connectivity index (χ3v) is 5.96. The number of anilines is 2. The maximum atomic E-state index is 6.41. The van der Waals surface area contributed by atoms with Crippen LogP contribution in [0.1, 0.15) is 50.6 Å². The largest absolute Gasteiger partial charge is 0.377 e. The maximum absolute atomic E-state index is 6.41. The van der Waals surface area contributed by atoms with Crippen molar-refractivity contribution in [1.29, 1.82) is 0 Å². The number of aliphatic imine (C=N–C) groups is 2. The van der Waals surface area contributed by atoms with Crippen molar-refractivity contribution in [3.8, 4) is 0 Å². The summed E-state index contributed by atoms with van der Waals surface area (Å²) in [7, 11) is 0. The van der Waals surface area contributed by atoms with Gasteiger partial charge in [0.1, 0.15) is 5.66 Å². The first-order chi connectivity index (χ1) is 14.0. The molecule has 1 fully saturated rings. The van der Waals surface area contributed by atoms with Gasteiger partial charge in [0.05, 0.1) is 11.4 Å². The van der Waals surface area contributed by atoms with Crippen LogP contribution in [0.4, 0.5) is 11.4 Å². The number of nitrogens with two attached hydrogens (primary N) is 2. The van der Waals surface area contributed by atoms with Crippen molar-refractivity contribution in [2.45, 2.75) is 50.7 Å². The molecule has 1 atom stereocenters. The molecule has 1 aliphatic carbocycles. The van der Waals surface area contributed by atoms with Crippen LogP contribution >= 0.6 is 11.6 Å². The number of halogens is 1. The molecule has 1 unspecified atom stereocenters. The van der Waals surface area contributed by atoms with Crippen LogP contribution in [0.5, 0.6) is 0 Å². The Hall–Kier alpha value is -2.73. The molecule has 0 saturated heterocycles. The molecular weight excluding hydrogens is 384 g/mol. The zero-order valence-electron chi connectivity index (χ0n) is 16.6. The lowest BCUT2D eigenvalue weighted by Crippen LogP contribution is -2.58. The molecule has 2 aliphatic rings. The number of rotatable bonds is 4. The fourth-order valence-corrected chi connectivity index (χ4v) is 4.51. The minimum atomic E-state index is -0.509. The Kier molecular flexibility index (Phi) is 5.37. The molecule has 0 amide bonds. The summed E-state index contributed by atoms with van der Waals surface area (Å²) in [5.41, 5.74) is 14.9. The average molecular weight is 411 g/mol. The van der Waals surface area contributed by atoms with E-state index in [0.717, 1.165) is 37.1 Å². The Morgan fingerprint density at radius 2 is 1.79 bits per heavy atom. The Bertz CT molecular complexity index is 934. The van der Waals surface area contributed by atoms with Gasteiger partial charge in [0.2, 0.25) is 11.9 Å². The average Bonchev–Trinajstić information content (AvgIpc) is 2.70. The van der Waals surface area contributed by atoms with E-state index in [1.807, 2.05) is 41.3 Å². The van der Waals surface area contributed by atoms with Crippen LogP contribution in [0.3, 0.4) is 0 Å². The van der Waals surface area contributed by atoms with Crippen molar-refractivity contribution in [2.75, 3.05) is 10.2 Å². The normalized spacial score (nSPS) is 19.4. The van der Waals surface area contributed by atoms with Crippen LogP contribution in [0, 0.1) is 0 Å². The molecule has 2 aromatic rings. The van der Waals surface area contributed by atoms with Gasteiger partial charge in [0, 0.05) is 11.1 Å². The molecule has 152 valence electrons. The van der Waals surface area contributed by atoms with Crippen LogP contribution in [0.25, 0.3) is 0 Å². The molecule has 4 rings (SSSR count). The van der Waals surface area contributed by atoms with E-state index in [9.17, 15) is 0 Å². The second kappa shape index (κ2) is 7.95. The van der Waals surface area contributed by atoms with E-state index >= 15 is 0 Å². The highest BCUT2D eigenvalue weighted by molar-refractivity contribution is 6.31. The van der Waals surface area contributed by atoms with Gasteiger partial charge in [-0.05, 0) is 56.4 Å². The Morgan fingerprint density at radius 1 is 1.07 bits per heavy atom. The minimum Gasteiger partial charge on any atom is -0.377 e. The highest BCUT2D eigenvalue weighted by Crippen LogP contribution is 2.43. The van der Waals surface area contributed by atoms with Gasteiger partial charge in [-0.25, -0.2) is 4.99 Å². The van der Waals surface area contributed by atoms with Crippen LogP contribution in [-0.2, 0) is 0 Å². The first-order valence-electron chi connectivity index (χ1n) is 10.1. The number of benzene rings is 2. The summed E-state index contributed by atoms with van der Waals surface area (Å²) < 4.78 is 0. The maximum Gasteiger partial charge on any atom is 0.220 e. The summed E-state index contributed by atoms with van der Waals surface area (Å²) in [6.45, 7) is 2.13. The van der Waals surface area contributed by atoms with Gasteiger partial charge >= 0.3 is 0 Å². The standard InChI is InChI=1S/C22H27ClN6/c1-15(16-8-4-2-5-9-16)26-18-11-10-17(23)14-19(18)29-21(25)27-20(24)28-22(29)12-6-3-7-13-22/h2,4-5,8-11,14-15,26H,3,6-7,12-13H2,1H3,(H4,24,25,27,28). The molecule has 1 heterocycles. The van der Waals surface area contributed by atoms with Crippen LogP contribution in [0.2, 0.25) is 5.02 Å². The summed E-state index contributed by atoms with van der Waals surface area (Å²) >= 11 is 6.40. The third-order valence-electron chi connectivity index (χ3n) is 5.72. The van der Waals surface area contributed by atoms with Crippen LogP contribution in [0.15, 0.2) is 58.5 Å². The van der Waals surface area contributed by atoms with E-state index in [1.54, 1.807) is 0 Å². The fraction of sp³-hybridized carbons (Fsp3) is 0.364. The summed E-state index contributed by atoms with van der Waals surface area (Å²) in [4.78, 5) is 11.1. The van der Waals surface area contributed by atoms with Crippen molar-refractivity contribution in [2.24, 2.45) is 21.5 Å². The summed E-state index contributed by atoms with van der Waals surface area (Å²) in [5, 5.41) is 4.25. The zero-order chi connectivity index (χ0) is 20.4. The van der Waals surface area contributed by atoms with Crippen molar-refractivity contribution < 1.29 is 0 Å². The number of nitrogens with zero attached hydrogens (tertiary/aromatic N) is 3. The second-order valence-electron chi connectivity index (χ2n) is 7.76. The SMILES string of the molecule is CC(Nc1ccc(Cl)cc1N1C(N)=NC(N)=NC12CCCCC2)c1ccccc1. The number of hydrogen-bond acceptors (Lipinski definition) is 6. The lowest BCUT2D eigenvalue weighted by atomic mass is 9.87.